The zero-order chi connectivity index (χ0) is 61.8. The van der Waals surface area contributed by atoms with Crippen LogP contribution in [0.4, 0.5) is 34.1 Å². The molecule has 4 rings (SSSR count). The normalized spacial score (nSPS) is 11.6. The van der Waals surface area contributed by atoms with Gasteiger partial charge in [0.15, 0.2) is 11.9 Å². The third-order valence-corrected chi connectivity index (χ3v) is 10.7. The van der Waals surface area contributed by atoms with Gasteiger partial charge in [-0.2, -0.15) is 13.2 Å². The molecule has 2 amide bonds. The molecule has 32 heteroatoms. The van der Waals surface area contributed by atoms with Crippen LogP contribution >= 0.6 is 0 Å². The molecule has 11 N–H and O–H groups in total. The zero-order valence-corrected chi connectivity index (χ0v) is 44.2. The molecule has 0 saturated carbocycles. The van der Waals surface area contributed by atoms with E-state index in [1.807, 2.05) is 0 Å². The minimum absolute atomic E-state index is 0.000800. The lowest BCUT2D eigenvalue weighted by molar-refractivity contribution is -0.202. The maximum absolute atomic E-state index is 13.3. The van der Waals surface area contributed by atoms with Gasteiger partial charge in [-0.3, -0.25) is 19.4 Å². The van der Waals surface area contributed by atoms with Crippen LogP contribution < -0.4 is 32.4 Å². The van der Waals surface area contributed by atoms with Gasteiger partial charge >= 0.3 is 60.1 Å². The summed E-state index contributed by atoms with van der Waals surface area (Å²) in [5, 5.41) is 29.0. The molecule has 0 aliphatic rings. The maximum atomic E-state index is 13.3. The minimum Gasteiger partial charge on any atom is -0.481 e. The Hall–Kier alpha value is -9.92. The number of hydrogen-bond donors (Lipinski definition) is 7. The summed E-state index contributed by atoms with van der Waals surface area (Å²) in [6.07, 6.45) is -10.5. The minimum atomic E-state index is -5.59. The van der Waals surface area contributed by atoms with E-state index in [0.29, 0.717) is 26.7 Å². The Balaban J connectivity index is 1.19. The monoisotopic (exact) mass is 1190 g/mol. The van der Waals surface area contributed by atoms with E-state index in [4.69, 9.17) is 60.8 Å². The molecule has 0 spiro atoms. The van der Waals surface area contributed by atoms with Crippen LogP contribution in [-0.4, -0.2) is 175 Å². The first kappa shape index (κ1) is 66.6. The van der Waals surface area contributed by atoms with Gasteiger partial charge in [0.1, 0.15) is 36.8 Å². The van der Waals surface area contributed by atoms with Gasteiger partial charge in [-0.05, 0) is 83.9 Å². The molecule has 4 aromatic carbocycles. The van der Waals surface area contributed by atoms with Crippen LogP contribution in [0.3, 0.4) is 0 Å². The molecule has 0 aliphatic carbocycles. The summed E-state index contributed by atoms with van der Waals surface area (Å²) in [6, 6.07) is 18.9. The SMILES string of the molecule is NC(N)=Nc1ccc(C(=O)Oc2ccc(COC(=O)N(CCOCCOCCOCCOCCN(C(=O)OCc3ccc(OC(=O)c4ccc(N=C(N)N)cc4)cc3)C(CC(=O)OC(=O)C(F)(F)F)C(=O)O)C(CC(=O)O)C(=O)O)cc2)cc1. The molecule has 2 unspecified atom stereocenters. The number of halogens is 3. The summed E-state index contributed by atoms with van der Waals surface area (Å²) in [5.41, 5.74) is 23.3. The fraction of sp³-hybridized carbons (Fsp3) is 0.327. The van der Waals surface area contributed by atoms with Gasteiger partial charge in [0.05, 0.1) is 88.2 Å². The average Bonchev–Trinajstić information content (AvgIpc) is 3.65. The predicted molar refractivity (Wildman–Crippen MR) is 281 cm³/mol. The van der Waals surface area contributed by atoms with Crippen molar-refractivity contribution in [3.05, 3.63) is 119 Å². The van der Waals surface area contributed by atoms with Crippen molar-refractivity contribution in [3.8, 4) is 11.5 Å². The summed E-state index contributed by atoms with van der Waals surface area (Å²) in [6.45, 7) is -2.94. The van der Waals surface area contributed by atoms with E-state index in [9.17, 15) is 71.6 Å². The van der Waals surface area contributed by atoms with Gasteiger partial charge < -0.3 is 80.9 Å². The Bertz CT molecular complexity index is 2940. The summed E-state index contributed by atoms with van der Waals surface area (Å²) < 4.78 is 84.9. The number of aliphatic imine (C=N–C) groups is 2. The van der Waals surface area contributed by atoms with E-state index in [-0.39, 0.29) is 93.0 Å². The van der Waals surface area contributed by atoms with Gasteiger partial charge in [-0.1, -0.05) is 24.3 Å². The maximum Gasteiger partial charge on any atom is 0.491 e. The number of ether oxygens (including phenoxy) is 9. The second kappa shape index (κ2) is 33.7. The molecular formula is C52H57F3N8O21. The van der Waals surface area contributed by atoms with Crippen LogP contribution in [0.15, 0.2) is 107 Å². The second-order valence-corrected chi connectivity index (χ2v) is 16.9. The van der Waals surface area contributed by atoms with E-state index in [1.54, 1.807) is 0 Å². The van der Waals surface area contributed by atoms with Gasteiger partial charge in [-0.15, -0.1) is 0 Å². The van der Waals surface area contributed by atoms with Gasteiger partial charge in [0.25, 0.3) is 0 Å². The molecule has 0 saturated heterocycles. The first-order valence-electron chi connectivity index (χ1n) is 24.6. The fourth-order valence-electron chi connectivity index (χ4n) is 6.76. The molecule has 0 aromatic heterocycles. The molecule has 452 valence electrons. The lowest BCUT2D eigenvalue weighted by Gasteiger charge is -2.27. The summed E-state index contributed by atoms with van der Waals surface area (Å²) in [4.78, 5) is 120. The fourth-order valence-corrected chi connectivity index (χ4v) is 6.76. The first-order chi connectivity index (χ1) is 39.9. The van der Waals surface area contributed by atoms with Crippen molar-refractivity contribution in [2.45, 2.75) is 44.3 Å². The molecule has 29 nitrogen and oxygen atoms in total. The van der Waals surface area contributed by atoms with Gasteiger partial charge in [-0.25, -0.2) is 43.5 Å². The molecule has 0 aliphatic heterocycles. The van der Waals surface area contributed by atoms with Crippen LogP contribution in [-0.2, 0) is 70.3 Å². The van der Waals surface area contributed by atoms with Crippen molar-refractivity contribution in [1.29, 1.82) is 0 Å². The number of benzene rings is 4. The predicted octanol–water partition coefficient (Wildman–Crippen LogP) is 2.98. The van der Waals surface area contributed by atoms with E-state index in [2.05, 4.69) is 14.7 Å². The summed E-state index contributed by atoms with van der Waals surface area (Å²) in [5.74, 6) is -11.4. The number of carbonyl (C=O) groups is 9. The highest BCUT2D eigenvalue weighted by Gasteiger charge is 2.43. The Labute approximate surface area is 474 Å². The molecule has 0 radical (unpaired) electrons. The number of amides is 2. The first-order valence-corrected chi connectivity index (χ1v) is 24.6. The number of carbonyl (C=O) groups excluding carboxylic acids is 6. The van der Waals surface area contributed by atoms with E-state index >= 15 is 0 Å². The third kappa shape index (κ3) is 24.0. The summed E-state index contributed by atoms with van der Waals surface area (Å²) in [7, 11) is 0. The Morgan fingerprint density at radius 1 is 0.488 bits per heavy atom. The number of alkyl halides is 3. The van der Waals surface area contributed by atoms with Crippen LogP contribution in [0.5, 0.6) is 11.5 Å². The van der Waals surface area contributed by atoms with Crippen LogP contribution in [0.2, 0.25) is 0 Å². The smallest absolute Gasteiger partial charge is 0.481 e. The summed E-state index contributed by atoms with van der Waals surface area (Å²) >= 11 is 0. The highest BCUT2D eigenvalue weighted by molar-refractivity contribution is 5.93. The van der Waals surface area contributed by atoms with Crippen LogP contribution in [0.1, 0.15) is 44.7 Å². The van der Waals surface area contributed by atoms with Gasteiger partial charge in [0, 0.05) is 13.1 Å². The van der Waals surface area contributed by atoms with E-state index in [0.717, 1.165) is 0 Å². The number of carboxylic acids is 3. The number of nitrogens with zero attached hydrogens (tertiary/aromatic N) is 4. The van der Waals surface area contributed by atoms with Crippen molar-refractivity contribution in [1.82, 2.24) is 9.80 Å². The van der Waals surface area contributed by atoms with Crippen molar-refractivity contribution in [3.63, 3.8) is 0 Å². The molecular weight excluding hydrogens is 1130 g/mol. The topological polar surface area (TPSA) is 433 Å². The van der Waals surface area contributed by atoms with E-state index in [1.165, 1.54) is 97.1 Å². The number of carboxylic acid groups (broad SMARTS) is 3. The molecule has 2 atom stereocenters. The quantitative estimate of drug-likeness (QED) is 0.00685. The number of hydrogen-bond acceptors (Lipinski definition) is 20. The molecule has 0 fully saturated rings. The van der Waals surface area contributed by atoms with Crippen molar-refractivity contribution >= 4 is 77.3 Å². The average molecular weight is 1190 g/mol. The molecule has 84 heavy (non-hydrogen) atoms. The standard InChI is InChI=1S/C52H57F3N8O21/c53-52(54,55)47(73)84-42(66)28-40(44(69)70)63(51(75)81-30-32-3-15-38(16-4-32)83-46(72)34-7-11-36(12-8-34)61-49(58)59)18-20-77-22-24-79-26-25-78-23-21-76-19-17-62(39(43(67)68)27-41(64)65)50(74)80-29-31-1-13-37(14-2-31)82-45(71)33-5-9-35(10-6-33)60-48(56)57/h1-16,39-40H,17-30H2,(H,64,65)(H,67,68)(H,69,70)(H4,56,57,60)(H4,58,59,61). The van der Waals surface area contributed by atoms with Crippen LogP contribution in [0, 0.1) is 0 Å². The number of nitrogens with two attached hydrogens (primary N) is 4. The highest BCUT2D eigenvalue weighted by Crippen LogP contribution is 2.22. The Kier molecular flexibility index (Phi) is 26.7. The lowest BCUT2D eigenvalue weighted by atomic mass is 10.2. The zero-order valence-electron chi connectivity index (χ0n) is 44.2. The second-order valence-electron chi connectivity index (χ2n) is 16.9. The van der Waals surface area contributed by atoms with Gasteiger partial charge in [0.2, 0.25) is 0 Å². The lowest BCUT2D eigenvalue weighted by Crippen LogP contribution is -2.48. The van der Waals surface area contributed by atoms with Crippen molar-refractivity contribution in [2.75, 3.05) is 65.9 Å². The van der Waals surface area contributed by atoms with Crippen LogP contribution in [0.25, 0.3) is 0 Å². The number of rotatable bonds is 33. The number of esters is 4. The number of guanidine groups is 2. The molecule has 0 heterocycles. The molecule has 4 aromatic rings. The number of aliphatic carboxylic acids is 3. The van der Waals surface area contributed by atoms with E-state index < -0.39 is 111 Å². The van der Waals surface area contributed by atoms with Crippen molar-refractivity contribution in [2.24, 2.45) is 32.9 Å². The Morgan fingerprint density at radius 3 is 1.15 bits per heavy atom. The largest absolute Gasteiger partial charge is 0.491 e. The van der Waals surface area contributed by atoms with Crippen molar-refractivity contribution < 1.29 is 114 Å². The third-order valence-electron chi connectivity index (χ3n) is 10.7. The Morgan fingerprint density at radius 2 is 0.833 bits per heavy atom. The molecule has 0 bridgehead atoms. The highest BCUT2D eigenvalue weighted by atomic mass is 19.4.